The molecule has 3 heterocycles. The van der Waals surface area contributed by atoms with Gasteiger partial charge in [-0.2, -0.15) is 5.26 Å². The lowest BCUT2D eigenvalue weighted by molar-refractivity contribution is 0.0303. The second-order valence-electron chi connectivity index (χ2n) is 10.6. The Morgan fingerprint density at radius 2 is 1.95 bits per heavy atom. The highest BCUT2D eigenvalue weighted by Crippen LogP contribution is 2.40. The van der Waals surface area contributed by atoms with Crippen molar-refractivity contribution in [2.75, 3.05) is 44.3 Å². The van der Waals surface area contributed by atoms with Gasteiger partial charge in [0.05, 0.1) is 30.5 Å². The summed E-state index contributed by atoms with van der Waals surface area (Å²) < 4.78 is 11.6. The second-order valence-corrected chi connectivity index (χ2v) is 11.5. The Balaban J connectivity index is 1.19. The number of hydrogen-bond acceptors (Lipinski definition) is 7. The number of carbonyl (C=O) groups is 1. The fourth-order valence-corrected chi connectivity index (χ4v) is 6.76. The fourth-order valence-electron chi connectivity index (χ4n) is 5.91. The topological polar surface area (TPSA) is 78.7 Å². The molecule has 2 unspecified atom stereocenters. The van der Waals surface area contributed by atoms with Crippen LogP contribution in [0.15, 0.2) is 41.8 Å². The summed E-state index contributed by atoms with van der Waals surface area (Å²) in [5, 5.41) is 13.0. The molecule has 0 radical (unpaired) electrons. The number of piperidine rings is 1. The number of anilines is 1. The molecule has 1 saturated carbocycles. The highest BCUT2D eigenvalue weighted by atomic mass is 32.1. The molecule has 1 aromatic heterocycles. The normalized spacial score (nSPS) is 20.8. The number of thiazole rings is 1. The third-order valence-electron chi connectivity index (χ3n) is 7.94. The SMILES string of the molecule is Cc1ccc(OCc2ccc(C(=O)N3CCOCC3)cc2C#N)c(-c2csc(N3CC4CCC(C4)C3)n2)c1. The molecule has 2 aromatic carbocycles. The van der Waals surface area contributed by atoms with Gasteiger partial charge in [-0.1, -0.05) is 17.7 Å². The summed E-state index contributed by atoms with van der Waals surface area (Å²) in [5.41, 5.74) is 4.75. The zero-order valence-electron chi connectivity index (χ0n) is 21.7. The number of carbonyl (C=O) groups excluding carboxylic acids is 1. The maximum absolute atomic E-state index is 12.9. The smallest absolute Gasteiger partial charge is 0.254 e. The Kier molecular flexibility index (Phi) is 7.05. The average molecular weight is 529 g/mol. The third-order valence-corrected chi connectivity index (χ3v) is 8.84. The Labute approximate surface area is 227 Å². The average Bonchev–Trinajstić information content (AvgIpc) is 3.58. The van der Waals surface area contributed by atoms with Crippen LogP contribution in [-0.4, -0.2) is 55.2 Å². The molecular formula is C30H32N4O3S. The van der Waals surface area contributed by atoms with Gasteiger partial charge >= 0.3 is 0 Å². The lowest BCUT2D eigenvalue weighted by Gasteiger charge is -2.31. The molecule has 7 nitrogen and oxygen atoms in total. The van der Waals surface area contributed by atoms with Crippen molar-refractivity contribution in [1.29, 1.82) is 5.26 Å². The molecule has 38 heavy (non-hydrogen) atoms. The lowest BCUT2D eigenvalue weighted by atomic mass is 9.99. The van der Waals surface area contributed by atoms with Gasteiger partial charge in [0.25, 0.3) is 5.91 Å². The summed E-state index contributed by atoms with van der Waals surface area (Å²) in [6.45, 7) is 6.75. The van der Waals surface area contributed by atoms with Gasteiger partial charge in [0.1, 0.15) is 12.4 Å². The van der Waals surface area contributed by atoms with Crippen molar-refractivity contribution in [1.82, 2.24) is 9.88 Å². The largest absolute Gasteiger partial charge is 0.488 e. The summed E-state index contributed by atoms with van der Waals surface area (Å²) in [6, 6.07) is 13.7. The minimum Gasteiger partial charge on any atom is -0.488 e. The Bertz CT molecular complexity index is 1360. The van der Waals surface area contributed by atoms with Crippen molar-refractivity contribution in [3.8, 4) is 23.1 Å². The number of nitrogens with zero attached hydrogens (tertiary/aromatic N) is 4. The molecule has 1 amide bonds. The first-order chi connectivity index (χ1) is 18.6. The number of hydrogen-bond donors (Lipinski definition) is 0. The van der Waals surface area contributed by atoms with Gasteiger partial charge in [-0.25, -0.2) is 4.98 Å². The molecule has 6 rings (SSSR count). The molecule has 8 heteroatoms. The van der Waals surface area contributed by atoms with E-state index in [4.69, 9.17) is 14.5 Å². The van der Waals surface area contributed by atoms with Crippen LogP contribution in [0.5, 0.6) is 5.75 Å². The monoisotopic (exact) mass is 528 g/mol. The lowest BCUT2D eigenvalue weighted by Crippen LogP contribution is -2.40. The molecular weight excluding hydrogens is 496 g/mol. The van der Waals surface area contributed by atoms with E-state index in [9.17, 15) is 10.1 Å². The molecule has 196 valence electrons. The maximum atomic E-state index is 12.9. The van der Waals surface area contributed by atoms with Crippen molar-refractivity contribution >= 4 is 22.4 Å². The number of rotatable bonds is 6. The number of fused-ring (bicyclic) bond motifs is 2. The molecule has 3 aromatic rings. The minimum absolute atomic E-state index is 0.0702. The van der Waals surface area contributed by atoms with E-state index in [0.717, 1.165) is 58.2 Å². The number of morpholine rings is 1. The maximum Gasteiger partial charge on any atom is 0.254 e. The van der Waals surface area contributed by atoms with E-state index in [1.165, 1.54) is 19.3 Å². The van der Waals surface area contributed by atoms with Gasteiger partial charge in [-0.15, -0.1) is 11.3 Å². The predicted molar refractivity (Wildman–Crippen MR) is 148 cm³/mol. The zero-order valence-corrected chi connectivity index (χ0v) is 22.5. The van der Waals surface area contributed by atoms with E-state index in [1.807, 2.05) is 18.2 Å². The zero-order chi connectivity index (χ0) is 26.1. The van der Waals surface area contributed by atoms with Crippen molar-refractivity contribution in [3.63, 3.8) is 0 Å². The van der Waals surface area contributed by atoms with E-state index in [-0.39, 0.29) is 12.5 Å². The highest BCUT2D eigenvalue weighted by Gasteiger charge is 2.34. The number of benzene rings is 2. The molecule has 1 aliphatic carbocycles. The summed E-state index contributed by atoms with van der Waals surface area (Å²) >= 11 is 1.71. The fraction of sp³-hybridized carbons (Fsp3) is 0.433. The van der Waals surface area contributed by atoms with Crippen molar-refractivity contribution in [3.05, 3.63) is 64.0 Å². The van der Waals surface area contributed by atoms with Crippen LogP contribution in [0.4, 0.5) is 5.13 Å². The van der Waals surface area contributed by atoms with Crippen LogP contribution < -0.4 is 9.64 Å². The van der Waals surface area contributed by atoms with E-state index in [0.29, 0.717) is 37.4 Å². The third kappa shape index (κ3) is 5.13. The van der Waals surface area contributed by atoms with Crippen molar-refractivity contribution < 1.29 is 14.3 Å². The van der Waals surface area contributed by atoms with Gasteiger partial charge in [-0.05, 0) is 62.3 Å². The molecule has 3 aliphatic rings. The summed E-state index contributed by atoms with van der Waals surface area (Å²) in [5.74, 6) is 2.29. The number of amides is 1. The first kappa shape index (κ1) is 24.9. The molecule has 2 saturated heterocycles. The summed E-state index contributed by atoms with van der Waals surface area (Å²) in [4.78, 5) is 22.1. The number of nitriles is 1. The summed E-state index contributed by atoms with van der Waals surface area (Å²) in [6.07, 6.45) is 4.07. The first-order valence-corrected chi connectivity index (χ1v) is 14.3. The van der Waals surface area contributed by atoms with Crippen molar-refractivity contribution in [2.45, 2.75) is 32.8 Å². The Morgan fingerprint density at radius 3 is 2.71 bits per heavy atom. The van der Waals surface area contributed by atoms with Gasteiger partial charge < -0.3 is 19.3 Å². The van der Waals surface area contributed by atoms with Crippen LogP contribution in [0.3, 0.4) is 0 Å². The molecule has 0 spiro atoms. The number of aromatic nitrogens is 1. The van der Waals surface area contributed by atoms with Crippen LogP contribution in [0.25, 0.3) is 11.3 Å². The van der Waals surface area contributed by atoms with E-state index in [2.05, 4.69) is 29.3 Å². The highest BCUT2D eigenvalue weighted by molar-refractivity contribution is 7.14. The van der Waals surface area contributed by atoms with Gasteiger partial charge in [0, 0.05) is 48.2 Å². The van der Waals surface area contributed by atoms with Crippen LogP contribution in [0.2, 0.25) is 0 Å². The molecule has 3 fully saturated rings. The molecule has 2 aliphatic heterocycles. The predicted octanol–water partition coefficient (Wildman–Crippen LogP) is 5.28. The van der Waals surface area contributed by atoms with Crippen LogP contribution in [0, 0.1) is 30.1 Å². The standard InChI is InChI=1S/C30H32N4O3S/c1-20-2-7-28(26(12-20)27-19-38-30(32-27)34-16-21-3-4-22(13-21)17-34)37-18-24-6-5-23(14-25(24)15-31)29(35)33-8-10-36-11-9-33/h2,5-7,12,14,19,21-22H,3-4,8-11,13,16-18H2,1H3. The Hall–Kier alpha value is -3.41. The van der Waals surface area contributed by atoms with Gasteiger partial charge in [-0.3, -0.25) is 4.79 Å². The second kappa shape index (κ2) is 10.8. The minimum atomic E-state index is -0.0702. The van der Waals surface area contributed by atoms with Crippen LogP contribution in [0.1, 0.15) is 46.3 Å². The van der Waals surface area contributed by atoms with E-state index in [1.54, 1.807) is 28.4 Å². The Morgan fingerprint density at radius 1 is 1.16 bits per heavy atom. The van der Waals surface area contributed by atoms with Crippen molar-refractivity contribution in [2.24, 2.45) is 11.8 Å². The van der Waals surface area contributed by atoms with Gasteiger partial charge in [0.15, 0.2) is 5.13 Å². The number of aryl methyl sites for hydroxylation is 1. The van der Waals surface area contributed by atoms with E-state index < -0.39 is 0 Å². The van der Waals surface area contributed by atoms with Crippen LogP contribution >= 0.6 is 11.3 Å². The molecule has 2 atom stereocenters. The van der Waals surface area contributed by atoms with Gasteiger partial charge in [0.2, 0.25) is 0 Å². The first-order valence-electron chi connectivity index (χ1n) is 13.4. The van der Waals surface area contributed by atoms with Crippen LogP contribution in [-0.2, 0) is 11.3 Å². The summed E-state index contributed by atoms with van der Waals surface area (Å²) in [7, 11) is 0. The number of ether oxygens (including phenoxy) is 2. The quantitative estimate of drug-likeness (QED) is 0.433. The molecule has 0 N–H and O–H groups in total. The van der Waals surface area contributed by atoms with E-state index >= 15 is 0 Å². The molecule has 2 bridgehead atoms.